The number of carbonyl (C=O) groups excluding carboxylic acids is 2. The Morgan fingerprint density at radius 3 is 2.54 bits per heavy atom. The molecule has 3 heterocycles. The molecule has 1 aliphatic carbocycles. The Balaban J connectivity index is 1.56. The van der Waals surface area contributed by atoms with Crippen LogP contribution in [0.25, 0.3) is 11.1 Å². The van der Waals surface area contributed by atoms with Crippen LogP contribution in [-0.4, -0.2) is 33.2 Å². The van der Waals surface area contributed by atoms with Crippen LogP contribution in [0.15, 0.2) is 27.6 Å². The van der Waals surface area contributed by atoms with E-state index >= 15 is 0 Å². The van der Waals surface area contributed by atoms with Gasteiger partial charge in [-0.2, -0.15) is 0 Å². The first kappa shape index (κ1) is 24.6. The Morgan fingerprint density at radius 1 is 1.17 bits per heavy atom. The molecule has 2 amide bonds. The molecular weight excluding hydrogens is 453 g/mol. The summed E-state index contributed by atoms with van der Waals surface area (Å²) < 4.78 is 25.1. The highest BCUT2D eigenvalue weighted by Gasteiger charge is 2.32. The first-order valence-electron chi connectivity index (χ1n) is 12.0. The number of nitrogens with one attached hydrogen (secondary N) is 2. The molecule has 186 valence electrons. The van der Waals surface area contributed by atoms with Gasteiger partial charge in [-0.25, -0.2) is 9.37 Å². The normalized spacial score (nSPS) is 15.4. The number of pyridine rings is 1. The molecule has 1 saturated carbocycles. The highest BCUT2D eigenvalue weighted by atomic mass is 19.1. The minimum atomic E-state index is -0.844. The maximum Gasteiger partial charge on any atom is 0.257 e. The lowest BCUT2D eigenvalue weighted by Gasteiger charge is -2.26. The lowest BCUT2D eigenvalue weighted by atomic mass is 9.90. The third-order valence-corrected chi connectivity index (χ3v) is 6.57. The molecule has 35 heavy (non-hydrogen) atoms. The number of aryl methyl sites for hydroxylation is 3. The quantitative estimate of drug-likeness (QED) is 0.465. The summed E-state index contributed by atoms with van der Waals surface area (Å²) >= 11 is 0. The summed E-state index contributed by atoms with van der Waals surface area (Å²) in [6, 6.07) is 0.447. The van der Waals surface area contributed by atoms with E-state index in [0.29, 0.717) is 40.3 Å². The van der Waals surface area contributed by atoms with Crippen LogP contribution in [0.4, 0.5) is 10.2 Å². The van der Waals surface area contributed by atoms with Crippen LogP contribution in [0.5, 0.6) is 0 Å². The Hall–Kier alpha value is -3.56. The molecule has 0 saturated heterocycles. The zero-order valence-corrected chi connectivity index (χ0v) is 20.2. The van der Waals surface area contributed by atoms with Crippen LogP contribution < -0.4 is 10.6 Å². The first-order chi connectivity index (χ1) is 16.9. The van der Waals surface area contributed by atoms with Crippen LogP contribution in [0.2, 0.25) is 0 Å². The third-order valence-electron chi connectivity index (χ3n) is 6.57. The van der Waals surface area contributed by atoms with E-state index < -0.39 is 23.7 Å². The van der Waals surface area contributed by atoms with Crippen LogP contribution in [0.1, 0.15) is 73.0 Å². The van der Waals surface area contributed by atoms with Gasteiger partial charge in [0.25, 0.3) is 5.91 Å². The number of aromatic nitrogens is 3. The fourth-order valence-corrected chi connectivity index (χ4v) is 4.72. The number of amides is 2. The van der Waals surface area contributed by atoms with Gasteiger partial charge >= 0.3 is 0 Å². The van der Waals surface area contributed by atoms with Gasteiger partial charge in [-0.05, 0) is 45.1 Å². The number of halogens is 1. The van der Waals surface area contributed by atoms with E-state index in [1.54, 1.807) is 13.8 Å². The molecule has 3 aromatic rings. The summed E-state index contributed by atoms with van der Waals surface area (Å²) in [5.74, 6) is -1.34. The molecule has 0 aliphatic heterocycles. The molecule has 0 bridgehead atoms. The van der Waals surface area contributed by atoms with E-state index in [-0.39, 0.29) is 11.7 Å². The summed E-state index contributed by atoms with van der Waals surface area (Å²) in [7, 11) is 0. The number of carbonyl (C=O) groups is 2. The van der Waals surface area contributed by atoms with Crippen molar-refractivity contribution in [3.63, 3.8) is 0 Å². The predicted octanol–water partition coefficient (Wildman–Crippen LogP) is 4.75. The van der Waals surface area contributed by atoms with Crippen LogP contribution in [0, 0.1) is 25.6 Å². The number of rotatable bonds is 7. The summed E-state index contributed by atoms with van der Waals surface area (Å²) in [4.78, 5) is 30.5. The second-order valence-electron chi connectivity index (χ2n) is 8.97. The largest absolute Gasteiger partial charge is 0.364 e. The highest BCUT2D eigenvalue weighted by molar-refractivity contribution is 6.01. The standard InChI is InChI=1S/C25H30FN5O4/c1-4-20-18(13-34-31-20)24(32)28-22(16-9-7-5-6-8-10-16)25(33)29-23-19(26)11-17(12-27-23)21-14(2)30-35-15(21)3/h11-13,16,22H,4-10H2,1-3H3,(H,28,32)(H,27,29,33). The second-order valence-corrected chi connectivity index (χ2v) is 8.97. The summed E-state index contributed by atoms with van der Waals surface area (Å²) in [6.45, 7) is 5.37. The molecule has 4 rings (SSSR count). The van der Waals surface area contributed by atoms with Gasteiger partial charge in [-0.1, -0.05) is 42.9 Å². The summed E-state index contributed by atoms with van der Waals surface area (Å²) in [5.41, 5.74) is 2.61. The molecule has 1 aliphatic rings. The molecular formula is C25H30FN5O4. The van der Waals surface area contributed by atoms with E-state index in [9.17, 15) is 14.0 Å². The third kappa shape index (κ3) is 5.41. The second kappa shape index (κ2) is 10.8. The van der Waals surface area contributed by atoms with Crippen molar-refractivity contribution in [3.8, 4) is 11.1 Å². The Kier molecular flexibility index (Phi) is 7.57. The van der Waals surface area contributed by atoms with Crippen LogP contribution in [0.3, 0.4) is 0 Å². The van der Waals surface area contributed by atoms with E-state index in [0.717, 1.165) is 38.5 Å². The van der Waals surface area contributed by atoms with Crippen LogP contribution in [-0.2, 0) is 11.2 Å². The minimum absolute atomic E-state index is 0.0731. The number of nitrogens with zero attached hydrogens (tertiary/aromatic N) is 3. The van der Waals surface area contributed by atoms with Gasteiger partial charge in [0.05, 0.1) is 11.4 Å². The molecule has 9 nitrogen and oxygen atoms in total. The number of anilines is 1. The smallest absolute Gasteiger partial charge is 0.257 e. The Bertz CT molecular complexity index is 1180. The Labute approximate surface area is 202 Å². The Morgan fingerprint density at radius 2 is 1.91 bits per heavy atom. The molecule has 10 heteroatoms. The van der Waals surface area contributed by atoms with Crippen LogP contribution >= 0.6 is 0 Å². The number of hydrogen-bond acceptors (Lipinski definition) is 7. The SMILES string of the molecule is CCc1nocc1C(=O)NC(C(=O)Nc1ncc(-c2c(C)noc2C)cc1F)C1CCCCCC1. The average Bonchev–Trinajstić information content (AvgIpc) is 3.35. The monoisotopic (exact) mass is 483 g/mol. The molecule has 1 fully saturated rings. The van der Waals surface area contributed by atoms with Gasteiger partial charge in [-0.3, -0.25) is 9.59 Å². The molecule has 2 N–H and O–H groups in total. The van der Waals surface area contributed by atoms with Crippen molar-refractivity contribution in [1.82, 2.24) is 20.6 Å². The van der Waals surface area contributed by atoms with Crippen molar-refractivity contribution in [1.29, 1.82) is 0 Å². The molecule has 1 atom stereocenters. The topological polar surface area (TPSA) is 123 Å². The van der Waals surface area contributed by atoms with E-state index in [1.807, 2.05) is 6.92 Å². The molecule has 0 aromatic carbocycles. The molecule has 0 radical (unpaired) electrons. The lowest BCUT2D eigenvalue weighted by molar-refractivity contribution is -0.119. The van der Waals surface area contributed by atoms with Gasteiger partial charge in [0.2, 0.25) is 5.91 Å². The minimum Gasteiger partial charge on any atom is -0.364 e. The van der Waals surface area contributed by atoms with E-state index in [4.69, 9.17) is 9.05 Å². The van der Waals surface area contributed by atoms with Gasteiger partial charge in [0, 0.05) is 17.3 Å². The lowest BCUT2D eigenvalue weighted by Crippen LogP contribution is -2.48. The molecule has 0 spiro atoms. The van der Waals surface area contributed by atoms with Crippen molar-refractivity contribution >= 4 is 17.6 Å². The number of hydrogen-bond donors (Lipinski definition) is 2. The van der Waals surface area contributed by atoms with Gasteiger partial charge < -0.3 is 19.7 Å². The van der Waals surface area contributed by atoms with Gasteiger partial charge in [0.1, 0.15) is 23.6 Å². The van der Waals surface area contributed by atoms with Crippen molar-refractivity contribution in [3.05, 3.63) is 47.1 Å². The summed E-state index contributed by atoms with van der Waals surface area (Å²) in [6.07, 6.45) is 8.97. The zero-order chi connectivity index (χ0) is 24.9. The van der Waals surface area contributed by atoms with Gasteiger partial charge in [0.15, 0.2) is 11.6 Å². The van der Waals surface area contributed by atoms with Gasteiger partial charge in [-0.15, -0.1) is 0 Å². The van der Waals surface area contributed by atoms with Crippen molar-refractivity contribution < 1.29 is 23.0 Å². The van der Waals surface area contributed by atoms with Crippen molar-refractivity contribution in [2.45, 2.75) is 71.8 Å². The fourth-order valence-electron chi connectivity index (χ4n) is 4.72. The predicted molar refractivity (Wildman–Crippen MR) is 126 cm³/mol. The summed E-state index contributed by atoms with van der Waals surface area (Å²) in [5, 5.41) is 13.2. The maximum absolute atomic E-state index is 15.0. The highest BCUT2D eigenvalue weighted by Crippen LogP contribution is 2.29. The van der Waals surface area contributed by atoms with Crippen molar-refractivity contribution in [2.75, 3.05) is 5.32 Å². The maximum atomic E-state index is 15.0. The molecule has 3 aromatic heterocycles. The van der Waals surface area contributed by atoms with E-state index in [1.165, 1.54) is 18.5 Å². The average molecular weight is 484 g/mol. The molecule has 1 unspecified atom stereocenters. The zero-order valence-electron chi connectivity index (χ0n) is 20.2. The fraction of sp³-hybridized carbons (Fsp3) is 0.480. The first-order valence-corrected chi connectivity index (χ1v) is 12.0. The van der Waals surface area contributed by atoms with Crippen molar-refractivity contribution in [2.24, 2.45) is 5.92 Å². The van der Waals surface area contributed by atoms with E-state index in [2.05, 4.69) is 25.9 Å².